The molecule has 7 nitrogen and oxygen atoms in total. The van der Waals surface area contributed by atoms with Gasteiger partial charge in [0.25, 0.3) is 0 Å². The maximum Gasteiger partial charge on any atom is 0.230 e. The minimum atomic E-state index is -2.91. The molecule has 9 heteroatoms. The van der Waals surface area contributed by atoms with Crippen LogP contribution >= 0.6 is 11.8 Å². The Labute approximate surface area is 198 Å². The lowest BCUT2D eigenvalue weighted by molar-refractivity contribution is -0.119. The fourth-order valence-corrected chi connectivity index (χ4v) is 6.63. The van der Waals surface area contributed by atoms with Crippen LogP contribution in [0.25, 0.3) is 11.1 Å². The van der Waals surface area contributed by atoms with Crippen molar-refractivity contribution in [2.24, 2.45) is 13.0 Å². The molecule has 33 heavy (non-hydrogen) atoms. The third kappa shape index (κ3) is 6.03. The smallest absolute Gasteiger partial charge is 0.230 e. The monoisotopic (exact) mass is 484 g/mol. The van der Waals surface area contributed by atoms with Crippen LogP contribution in [0.4, 0.5) is 0 Å². The number of carbonyl (C=O) groups excluding carboxylic acids is 1. The Morgan fingerprint density at radius 2 is 1.82 bits per heavy atom. The molecule has 0 bridgehead atoms. The first-order valence-corrected chi connectivity index (χ1v) is 13.8. The van der Waals surface area contributed by atoms with Crippen LogP contribution in [0.5, 0.6) is 0 Å². The topological polar surface area (TPSA) is 94.0 Å². The average molecular weight is 485 g/mol. The van der Waals surface area contributed by atoms with Crippen molar-refractivity contribution in [2.45, 2.75) is 31.0 Å². The molecule has 2 heterocycles. The quantitative estimate of drug-likeness (QED) is 0.493. The highest BCUT2D eigenvalue weighted by Crippen LogP contribution is 2.24. The van der Waals surface area contributed by atoms with E-state index in [9.17, 15) is 13.2 Å². The third-order valence-electron chi connectivity index (χ3n) is 5.95. The number of amides is 1. The summed E-state index contributed by atoms with van der Waals surface area (Å²) in [5.41, 5.74) is 3.34. The van der Waals surface area contributed by atoms with Gasteiger partial charge in [-0.2, -0.15) is 0 Å². The molecule has 2 aromatic carbocycles. The molecule has 4 rings (SSSR count). The van der Waals surface area contributed by atoms with Crippen molar-refractivity contribution >= 4 is 27.5 Å². The Balaban J connectivity index is 1.28. The predicted octanol–water partition coefficient (Wildman–Crippen LogP) is 3.43. The minimum Gasteiger partial charge on any atom is -0.349 e. The van der Waals surface area contributed by atoms with Gasteiger partial charge in [-0.3, -0.25) is 4.79 Å². The van der Waals surface area contributed by atoms with Gasteiger partial charge < -0.3 is 9.88 Å². The first kappa shape index (κ1) is 23.5. The summed E-state index contributed by atoms with van der Waals surface area (Å²) < 4.78 is 25.2. The SMILES string of the molecule is CC(NC(=O)CSc1nnc(CC2CCS(=O)(=O)C2)n1C)c1ccc(-c2ccccc2)cc1. The summed E-state index contributed by atoms with van der Waals surface area (Å²) in [6, 6.07) is 18.3. The van der Waals surface area contributed by atoms with Crippen molar-refractivity contribution in [3.63, 3.8) is 0 Å². The van der Waals surface area contributed by atoms with Crippen LogP contribution in [0.15, 0.2) is 59.8 Å². The second kappa shape index (κ2) is 10.1. The normalized spacial score (nSPS) is 18.2. The number of hydrogen-bond acceptors (Lipinski definition) is 6. The predicted molar refractivity (Wildman–Crippen MR) is 131 cm³/mol. The van der Waals surface area contributed by atoms with Gasteiger partial charge in [0.1, 0.15) is 5.82 Å². The van der Waals surface area contributed by atoms with Crippen molar-refractivity contribution in [1.29, 1.82) is 0 Å². The number of aromatic nitrogens is 3. The highest BCUT2D eigenvalue weighted by atomic mass is 32.2. The Bertz CT molecular complexity index is 1210. The highest BCUT2D eigenvalue weighted by molar-refractivity contribution is 7.99. The number of hydrogen-bond donors (Lipinski definition) is 1. The van der Waals surface area contributed by atoms with E-state index in [1.54, 1.807) is 0 Å². The number of nitrogens with one attached hydrogen (secondary N) is 1. The second-order valence-corrected chi connectivity index (χ2v) is 11.7. The molecule has 1 aliphatic rings. The number of thioether (sulfide) groups is 1. The zero-order valence-corrected chi connectivity index (χ0v) is 20.4. The molecule has 0 saturated carbocycles. The Kier molecular flexibility index (Phi) is 7.19. The van der Waals surface area contributed by atoms with E-state index in [1.165, 1.54) is 11.8 Å². The molecule has 0 aliphatic carbocycles. The van der Waals surface area contributed by atoms with Gasteiger partial charge in [-0.05, 0) is 36.0 Å². The standard InChI is InChI=1S/C24H28N4O3S2/c1-17(19-8-10-21(11-9-19)20-6-4-3-5-7-20)25-23(29)15-32-24-27-26-22(28(24)2)14-18-12-13-33(30,31)16-18/h3-11,17-18H,12-16H2,1-2H3,(H,25,29). The van der Waals surface area contributed by atoms with E-state index >= 15 is 0 Å². The lowest BCUT2D eigenvalue weighted by atomic mass is 10.0. The molecule has 0 spiro atoms. The number of sulfone groups is 1. The fraction of sp³-hybridized carbons (Fsp3) is 0.375. The van der Waals surface area contributed by atoms with Crippen LogP contribution < -0.4 is 5.32 Å². The molecule has 2 atom stereocenters. The Morgan fingerprint density at radius 3 is 2.48 bits per heavy atom. The third-order valence-corrected chi connectivity index (χ3v) is 8.81. The van der Waals surface area contributed by atoms with Crippen LogP contribution in [0.3, 0.4) is 0 Å². The molecular weight excluding hydrogens is 456 g/mol. The van der Waals surface area contributed by atoms with Gasteiger partial charge in [0, 0.05) is 13.5 Å². The Hall–Kier alpha value is -2.65. The van der Waals surface area contributed by atoms with Gasteiger partial charge in [0.05, 0.1) is 23.3 Å². The van der Waals surface area contributed by atoms with Crippen molar-refractivity contribution in [3.8, 4) is 11.1 Å². The summed E-state index contributed by atoms with van der Waals surface area (Å²) in [6.45, 7) is 1.97. The lowest BCUT2D eigenvalue weighted by Gasteiger charge is -2.15. The van der Waals surface area contributed by atoms with Crippen molar-refractivity contribution in [1.82, 2.24) is 20.1 Å². The second-order valence-electron chi connectivity index (χ2n) is 8.50. The van der Waals surface area contributed by atoms with Crippen molar-refractivity contribution < 1.29 is 13.2 Å². The summed E-state index contributed by atoms with van der Waals surface area (Å²) in [7, 11) is -1.05. The van der Waals surface area contributed by atoms with E-state index in [2.05, 4.69) is 39.8 Å². The van der Waals surface area contributed by atoms with Crippen molar-refractivity contribution in [3.05, 3.63) is 66.0 Å². The van der Waals surface area contributed by atoms with E-state index < -0.39 is 9.84 Å². The fourth-order valence-electron chi connectivity index (χ4n) is 4.03. The maximum absolute atomic E-state index is 12.5. The van der Waals surface area contributed by atoms with E-state index in [-0.39, 0.29) is 35.1 Å². The number of nitrogens with zero attached hydrogens (tertiary/aromatic N) is 3. The zero-order valence-electron chi connectivity index (χ0n) is 18.8. The minimum absolute atomic E-state index is 0.0777. The van der Waals surface area contributed by atoms with Gasteiger partial charge in [0.15, 0.2) is 15.0 Å². The van der Waals surface area contributed by atoms with E-state index in [0.29, 0.717) is 18.0 Å². The molecule has 1 saturated heterocycles. The van der Waals surface area contributed by atoms with E-state index in [0.717, 1.165) is 22.5 Å². The summed E-state index contributed by atoms with van der Waals surface area (Å²) in [5, 5.41) is 12.1. The van der Waals surface area contributed by atoms with Gasteiger partial charge in [-0.1, -0.05) is 66.4 Å². The first-order chi connectivity index (χ1) is 15.8. The zero-order chi connectivity index (χ0) is 23.4. The summed E-state index contributed by atoms with van der Waals surface area (Å²) in [6.07, 6.45) is 1.26. The van der Waals surface area contributed by atoms with E-state index in [1.807, 2.05) is 48.9 Å². The number of benzene rings is 2. The van der Waals surface area contributed by atoms with Gasteiger partial charge >= 0.3 is 0 Å². The molecule has 1 aliphatic heterocycles. The lowest BCUT2D eigenvalue weighted by Crippen LogP contribution is -2.28. The van der Waals surface area contributed by atoms with Crippen molar-refractivity contribution in [2.75, 3.05) is 17.3 Å². The van der Waals surface area contributed by atoms with E-state index in [4.69, 9.17) is 0 Å². The summed E-state index contributed by atoms with van der Waals surface area (Å²) in [4.78, 5) is 12.5. The molecule has 2 unspecified atom stereocenters. The molecule has 3 aromatic rings. The highest BCUT2D eigenvalue weighted by Gasteiger charge is 2.29. The average Bonchev–Trinajstić information content (AvgIpc) is 3.34. The molecular formula is C24H28N4O3S2. The molecule has 1 aromatic heterocycles. The van der Waals surface area contributed by atoms with Crippen LogP contribution in [-0.4, -0.2) is 46.3 Å². The first-order valence-electron chi connectivity index (χ1n) is 11.0. The van der Waals surface area contributed by atoms with Crippen LogP contribution in [0, 0.1) is 5.92 Å². The van der Waals surface area contributed by atoms with Crippen LogP contribution in [0.2, 0.25) is 0 Å². The molecule has 1 N–H and O–H groups in total. The van der Waals surface area contributed by atoms with Gasteiger partial charge in [0.2, 0.25) is 5.91 Å². The Morgan fingerprint density at radius 1 is 1.12 bits per heavy atom. The van der Waals surface area contributed by atoms with Crippen LogP contribution in [0.1, 0.15) is 30.8 Å². The van der Waals surface area contributed by atoms with Crippen LogP contribution in [-0.2, 0) is 28.1 Å². The largest absolute Gasteiger partial charge is 0.349 e. The maximum atomic E-state index is 12.5. The number of carbonyl (C=O) groups is 1. The van der Waals surface area contributed by atoms with Gasteiger partial charge in [-0.25, -0.2) is 8.42 Å². The van der Waals surface area contributed by atoms with Gasteiger partial charge in [-0.15, -0.1) is 10.2 Å². The summed E-state index contributed by atoms with van der Waals surface area (Å²) in [5.74, 6) is 1.47. The summed E-state index contributed by atoms with van der Waals surface area (Å²) >= 11 is 1.33. The molecule has 174 valence electrons. The molecule has 1 amide bonds. The molecule has 1 fully saturated rings. The molecule has 0 radical (unpaired) electrons. The number of rotatable bonds is 8.